The largest absolute Gasteiger partial charge is 0.381 e. The van der Waals surface area contributed by atoms with Crippen LogP contribution < -0.4 is 5.73 Å². The standard InChI is InChI=1S/C10H9FN2O/c1-6-2-3-8(11)7(4-6)9-5-10(12)13-14-9/h2-5H,1H3,(H2,12,13). The lowest BCUT2D eigenvalue weighted by Gasteiger charge is -1.99. The summed E-state index contributed by atoms with van der Waals surface area (Å²) in [7, 11) is 0. The van der Waals surface area contributed by atoms with Gasteiger partial charge in [0.05, 0.1) is 5.56 Å². The molecule has 0 fully saturated rings. The third-order valence-electron chi connectivity index (χ3n) is 1.92. The maximum Gasteiger partial charge on any atom is 0.172 e. The van der Waals surface area contributed by atoms with Crippen molar-refractivity contribution >= 4 is 5.82 Å². The summed E-state index contributed by atoms with van der Waals surface area (Å²) >= 11 is 0. The smallest absolute Gasteiger partial charge is 0.172 e. The number of hydrogen-bond donors (Lipinski definition) is 1. The normalized spacial score (nSPS) is 10.4. The third-order valence-corrected chi connectivity index (χ3v) is 1.92. The van der Waals surface area contributed by atoms with E-state index in [0.29, 0.717) is 11.3 Å². The van der Waals surface area contributed by atoms with Gasteiger partial charge in [0.25, 0.3) is 0 Å². The van der Waals surface area contributed by atoms with E-state index >= 15 is 0 Å². The number of aromatic nitrogens is 1. The van der Waals surface area contributed by atoms with Gasteiger partial charge in [-0.05, 0) is 19.1 Å². The van der Waals surface area contributed by atoms with Gasteiger partial charge in [0.15, 0.2) is 11.6 Å². The molecule has 1 heterocycles. The number of aryl methyl sites for hydroxylation is 1. The van der Waals surface area contributed by atoms with Crippen LogP contribution >= 0.6 is 0 Å². The van der Waals surface area contributed by atoms with Gasteiger partial charge >= 0.3 is 0 Å². The van der Waals surface area contributed by atoms with Crippen molar-refractivity contribution in [1.82, 2.24) is 5.16 Å². The molecule has 1 aromatic heterocycles. The predicted octanol–water partition coefficient (Wildman–Crippen LogP) is 2.37. The maximum absolute atomic E-state index is 13.3. The molecule has 14 heavy (non-hydrogen) atoms. The van der Waals surface area contributed by atoms with Gasteiger partial charge in [-0.2, -0.15) is 0 Å². The van der Waals surface area contributed by atoms with Crippen LogP contribution in [0.2, 0.25) is 0 Å². The first-order valence-corrected chi connectivity index (χ1v) is 4.15. The minimum Gasteiger partial charge on any atom is -0.381 e. The average Bonchev–Trinajstić information content (AvgIpc) is 2.56. The lowest BCUT2D eigenvalue weighted by atomic mass is 10.1. The molecule has 2 rings (SSSR count). The van der Waals surface area contributed by atoms with E-state index in [2.05, 4.69) is 5.16 Å². The van der Waals surface area contributed by atoms with Crippen molar-refractivity contribution in [3.05, 3.63) is 35.6 Å². The summed E-state index contributed by atoms with van der Waals surface area (Å²) in [4.78, 5) is 0. The number of benzene rings is 1. The van der Waals surface area contributed by atoms with Gasteiger partial charge in [-0.15, -0.1) is 0 Å². The molecule has 0 aliphatic rings. The Morgan fingerprint density at radius 3 is 2.79 bits per heavy atom. The number of anilines is 1. The lowest BCUT2D eigenvalue weighted by molar-refractivity contribution is 0.433. The number of halogens is 1. The first-order chi connectivity index (χ1) is 6.66. The summed E-state index contributed by atoms with van der Waals surface area (Å²) in [6, 6.07) is 6.27. The van der Waals surface area contributed by atoms with Crippen LogP contribution in [0.15, 0.2) is 28.8 Å². The minimum atomic E-state index is -0.341. The SMILES string of the molecule is Cc1ccc(F)c(-c2cc(N)no2)c1. The van der Waals surface area contributed by atoms with Crippen molar-refractivity contribution in [2.24, 2.45) is 0 Å². The quantitative estimate of drug-likeness (QED) is 0.754. The molecule has 2 aromatic rings. The number of nitrogen functional groups attached to an aromatic ring is 1. The van der Waals surface area contributed by atoms with Gasteiger partial charge in [-0.25, -0.2) is 4.39 Å². The van der Waals surface area contributed by atoms with E-state index in [1.807, 2.05) is 6.92 Å². The Bertz CT molecular complexity index is 465. The van der Waals surface area contributed by atoms with E-state index in [4.69, 9.17) is 10.3 Å². The van der Waals surface area contributed by atoms with Gasteiger partial charge < -0.3 is 10.3 Å². The second-order valence-electron chi connectivity index (χ2n) is 3.10. The molecule has 2 N–H and O–H groups in total. The molecule has 0 unspecified atom stereocenters. The molecule has 0 radical (unpaired) electrons. The monoisotopic (exact) mass is 192 g/mol. The average molecular weight is 192 g/mol. The van der Waals surface area contributed by atoms with E-state index < -0.39 is 0 Å². The molecule has 0 saturated carbocycles. The zero-order valence-corrected chi connectivity index (χ0v) is 7.62. The Morgan fingerprint density at radius 2 is 2.14 bits per heavy atom. The molecule has 0 spiro atoms. The van der Waals surface area contributed by atoms with Gasteiger partial charge in [0, 0.05) is 6.07 Å². The number of hydrogen-bond acceptors (Lipinski definition) is 3. The third kappa shape index (κ3) is 1.46. The van der Waals surface area contributed by atoms with Gasteiger partial charge in [0.2, 0.25) is 0 Å². The molecule has 0 amide bonds. The fraction of sp³-hybridized carbons (Fsp3) is 0.100. The first kappa shape index (κ1) is 8.74. The maximum atomic E-state index is 13.3. The predicted molar refractivity (Wildman–Crippen MR) is 51.0 cm³/mol. The summed E-state index contributed by atoms with van der Waals surface area (Å²) in [5.41, 5.74) is 6.72. The zero-order chi connectivity index (χ0) is 10.1. The summed E-state index contributed by atoms with van der Waals surface area (Å²) in [5, 5.41) is 3.50. The fourth-order valence-electron chi connectivity index (χ4n) is 1.24. The Balaban J connectivity index is 2.55. The van der Waals surface area contributed by atoms with Crippen LogP contribution in [0.1, 0.15) is 5.56 Å². The molecule has 72 valence electrons. The highest BCUT2D eigenvalue weighted by Gasteiger charge is 2.09. The van der Waals surface area contributed by atoms with Crippen LogP contribution in [0.3, 0.4) is 0 Å². The molecule has 1 aromatic carbocycles. The van der Waals surface area contributed by atoms with Crippen molar-refractivity contribution in [2.45, 2.75) is 6.92 Å². The Labute approximate surface area is 80.3 Å². The Morgan fingerprint density at radius 1 is 1.36 bits per heavy atom. The molecule has 4 heteroatoms. The molecule has 0 saturated heterocycles. The van der Waals surface area contributed by atoms with Crippen LogP contribution in [-0.2, 0) is 0 Å². The fourth-order valence-corrected chi connectivity index (χ4v) is 1.24. The molecular weight excluding hydrogens is 183 g/mol. The molecule has 0 atom stereocenters. The summed E-state index contributed by atoms with van der Waals surface area (Å²) < 4.78 is 18.2. The van der Waals surface area contributed by atoms with Crippen molar-refractivity contribution in [3.63, 3.8) is 0 Å². The van der Waals surface area contributed by atoms with Crippen LogP contribution in [-0.4, -0.2) is 5.16 Å². The highest BCUT2D eigenvalue weighted by Crippen LogP contribution is 2.24. The van der Waals surface area contributed by atoms with Crippen LogP contribution in [0.5, 0.6) is 0 Å². The zero-order valence-electron chi connectivity index (χ0n) is 7.62. The van der Waals surface area contributed by atoms with E-state index in [1.54, 1.807) is 12.1 Å². The van der Waals surface area contributed by atoms with Gasteiger partial charge in [-0.1, -0.05) is 16.8 Å². The first-order valence-electron chi connectivity index (χ1n) is 4.15. The van der Waals surface area contributed by atoms with Crippen molar-refractivity contribution in [3.8, 4) is 11.3 Å². The number of nitrogens with two attached hydrogens (primary N) is 1. The molecular formula is C10H9FN2O. The van der Waals surface area contributed by atoms with E-state index in [0.717, 1.165) is 5.56 Å². The van der Waals surface area contributed by atoms with E-state index in [1.165, 1.54) is 12.1 Å². The molecule has 0 aliphatic heterocycles. The molecule has 0 bridgehead atoms. The van der Waals surface area contributed by atoms with Crippen molar-refractivity contribution < 1.29 is 8.91 Å². The number of nitrogens with zero attached hydrogens (tertiary/aromatic N) is 1. The Kier molecular flexibility index (Phi) is 1.96. The van der Waals surface area contributed by atoms with Crippen LogP contribution in [0.25, 0.3) is 11.3 Å². The molecule has 3 nitrogen and oxygen atoms in total. The second kappa shape index (κ2) is 3.14. The van der Waals surface area contributed by atoms with Crippen LogP contribution in [0, 0.1) is 12.7 Å². The van der Waals surface area contributed by atoms with E-state index in [9.17, 15) is 4.39 Å². The highest BCUT2D eigenvalue weighted by atomic mass is 19.1. The second-order valence-corrected chi connectivity index (χ2v) is 3.10. The van der Waals surface area contributed by atoms with Crippen LogP contribution in [0.4, 0.5) is 10.2 Å². The topological polar surface area (TPSA) is 52.0 Å². The minimum absolute atomic E-state index is 0.251. The highest BCUT2D eigenvalue weighted by molar-refractivity contribution is 5.61. The summed E-state index contributed by atoms with van der Waals surface area (Å²) in [6.45, 7) is 1.88. The van der Waals surface area contributed by atoms with Gasteiger partial charge in [-0.3, -0.25) is 0 Å². The van der Waals surface area contributed by atoms with Crippen molar-refractivity contribution in [2.75, 3.05) is 5.73 Å². The Hall–Kier alpha value is -1.84. The summed E-state index contributed by atoms with van der Waals surface area (Å²) in [6.07, 6.45) is 0. The molecule has 0 aliphatic carbocycles. The number of rotatable bonds is 1. The van der Waals surface area contributed by atoms with Gasteiger partial charge in [0.1, 0.15) is 5.82 Å². The summed E-state index contributed by atoms with van der Waals surface area (Å²) in [5.74, 6) is 0.261. The van der Waals surface area contributed by atoms with Crippen molar-refractivity contribution in [1.29, 1.82) is 0 Å². The lowest BCUT2D eigenvalue weighted by Crippen LogP contribution is -1.84. The van der Waals surface area contributed by atoms with E-state index in [-0.39, 0.29) is 11.6 Å².